The molecule has 0 aliphatic carbocycles. The first-order valence-electron chi connectivity index (χ1n) is 10.6. The molecule has 0 saturated heterocycles. The Morgan fingerprint density at radius 1 is 0.760 bits per heavy atom. The van der Waals surface area contributed by atoms with Gasteiger partial charge in [-0.2, -0.15) is 0 Å². The van der Waals surface area contributed by atoms with E-state index >= 15 is 0 Å². The second-order valence-corrected chi connectivity index (χ2v) is 7.32. The van der Waals surface area contributed by atoms with Crippen LogP contribution in [0.25, 0.3) is 0 Å². The maximum Gasteiger partial charge on any atom is 0.0716 e. The van der Waals surface area contributed by atoms with Gasteiger partial charge in [0.2, 0.25) is 0 Å². The highest BCUT2D eigenvalue weighted by Gasteiger charge is 1.98. The molecule has 1 aromatic carbocycles. The van der Waals surface area contributed by atoms with Gasteiger partial charge in [-0.3, -0.25) is 0 Å². The molecule has 0 aromatic heterocycles. The zero-order chi connectivity index (χ0) is 18.0. The van der Waals surface area contributed by atoms with Crippen molar-refractivity contribution in [1.29, 1.82) is 0 Å². The maximum atomic E-state index is 5.73. The fraction of sp³-hybridized carbons (Fsp3) is 0.667. The lowest BCUT2D eigenvalue weighted by Gasteiger charge is -2.07. The summed E-state index contributed by atoms with van der Waals surface area (Å²) < 4.78 is 5.73. The SMILES string of the molecule is C=C(CCCCCCCCCCC)CCCCOCc1ccccc1. The molecule has 0 bridgehead atoms. The fourth-order valence-corrected chi connectivity index (χ4v) is 3.15. The van der Waals surface area contributed by atoms with E-state index in [0.717, 1.165) is 19.6 Å². The maximum absolute atomic E-state index is 5.73. The van der Waals surface area contributed by atoms with E-state index in [2.05, 4.69) is 37.8 Å². The van der Waals surface area contributed by atoms with Crippen LogP contribution in [0.2, 0.25) is 0 Å². The molecule has 0 fully saturated rings. The summed E-state index contributed by atoms with van der Waals surface area (Å²) in [6.45, 7) is 8.13. The second kappa shape index (κ2) is 16.4. The molecule has 0 radical (unpaired) electrons. The van der Waals surface area contributed by atoms with E-state index in [9.17, 15) is 0 Å². The smallest absolute Gasteiger partial charge is 0.0716 e. The minimum atomic E-state index is 0.736. The first-order chi connectivity index (χ1) is 12.3. The summed E-state index contributed by atoms with van der Waals surface area (Å²) in [5.41, 5.74) is 2.70. The summed E-state index contributed by atoms with van der Waals surface area (Å²) in [5, 5.41) is 0. The van der Waals surface area contributed by atoms with Gasteiger partial charge in [0.25, 0.3) is 0 Å². The number of unbranched alkanes of at least 4 members (excludes halogenated alkanes) is 9. The van der Waals surface area contributed by atoms with Crippen molar-refractivity contribution < 1.29 is 4.74 Å². The molecule has 1 nitrogen and oxygen atoms in total. The van der Waals surface area contributed by atoms with Gasteiger partial charge in [-0.25, -0.2) is 0 Å². The first kappa shape index (κ1) is 22.0. The van der Waals surface area contributed by atoms with Crippen molar-refractivity contribution in [2.24, 2.45) is 0 Å². The molecule has 0 unspecified atom stereocenters. The summed E-state index contributed by atoms with van der Waals surface area (Å²) in [6, 6.07) is 10.4. The lowest BCUT2D eigenvalue weighted by atomic mass is 10.0. The van der Waals surface area contributed by atoms with Gasteiger partial charge in [-0.1, -0.05) is 101 Å². The van der Waals surface area contributed by atoms with Crippen LogP contribution in [-0.4, -0.2) is 6.61 Å². The Bertz CT molecular complexity index is 409. The molecule has 0 atom stereocenters. The Morgan fingerprint density at radius 3 is 1.96 bits per heavy atom. The minimum absolute atomic E-state index is 0.736. The molecule has 1 rings (SSSR count). The number of rotatable bonds is 17. The molecule has 0 N–H and O–H groups in total. The van der Waals surface area contributed by atoms with E-state index in [0.29, 0.717) is 0 Å². The third-order valence-corrected chi connectivity index (χ3v) is 4.81. The molecular weight excluding hydrogens is 304 g/mol. The van der Waals surface area contributed by atoms with E-state index in [1.807, 2.05) is 6.07 Å². The third-order valence-electron chi connectivity index (χ3n) is 4.81. The summed E-state index contributed by atoms with van der Waals surface area (Å²) in [4.78, 5) is 0. The van der Waals surface area contributed by atoms with Crippen LogP contribution in [0, 0.1) is 0 Å². The van der Waals surface area contributed by atoms with Gasteiger partial charge in [0.05, 0.1) is 6.61 Å². The van der Waals surface area contributed by atoms with Crippen molar-refractivity contribution >= 4 is 0 Å². The molecule has 0 saturated carbocycles. The van der Waals surface area contributed by atoms with Gasteiger partial charge in [0.15, 0.2) is 0 Å². The van der Waals surface area contributed by atoms with Crippen molar-refractivity contribution in [2.75, 3.05) is 6.61 Å². The van der Waals surface area contributed by atoms with E-state index < -0.39 is 0 Å². The number of allylic oxidation sites excluding steroid dienone is 1. The highest BCUT2D eigenvalue weighted by atomic mass is 16.5. The lowest BCUT2D eigenvalue weighted by Crippen LogP contribution is -1.96. The normalized spacial score (nSPS) is 10.9. The molecule has 0 aliphatic rings. The molecule has 142 valence electrons. The molecule has 1 heteroatoms. The van der Waals surface area contributed by atoms with Crippen molar-refractivity contribution in [3.05, 3.63) is 48.0 Å². The average molecular weight is 345 g/mol. The van der Waals surface area contributed by atoms with E-state index in [-0.39, 0.29) is 0 Å². The quantitative estimate of drug-likeness (QED) is 0.206. The minimum Gasteiger partial charge on any atom is -0.377 e. The first-order valence-corrected chi connectivity index (χ1v) is 10.6. The van der Waals surface area contributed by atoms with Crippen molar-refractivity contribution in [1.82, 2.24) is 0 Å². The molecule has 1 aromatic rings. The standard InChI is InChI=1S/C24H40O/c1-3-4-5-6-7-8-9-10-12-17-23(2)18-15-16-21-25-22-24-19-13-11-14-20-24/h11,13-14,19-20H,2-10,12,15-18,21-22H2,1H3. The van der Waals surface area contributed by atoms with Crippen LogP contribution in [0.15, 0.2) is 42.5 Å². The van der Waals surface area contributed by atoms with Crippen molar-refractivity contribution in [2.45, 2.75) is 97.0 Å². The van der Waals surface area contributed by atoms with E-state index in [1.165, 1.54) is 88.2 Å². The summed E-state index contributed by atoms with van der Waals surface area (Å²) in [7, 11) is 0. The molecular formula is C24H40O. The summed E-state index contributed by atoms with van der Waals surface area (Å²) in [6.07, 6.45) is 17.4. The third kappa shape index (κ3) is 13.8. The number of hydrogen-bond donors (Lipinski definition) is 0. The zero-order valence-corrected chi connectivity index (χ0v) is 16.6. The van der Waals surface area contributed by atoms with Crippen LogP contribution >= 0.6 is 0 Å². The van der Waals surface area contributed by atoms with Crippen molar-refractivity contribution in [3.8, 4) is 0 Å². The Labute approximate surface area is 156 Å². The molecule has 0 spiro atoms. The van der Waals surface area contributed by atoms with Crippen LogP contribution in [0.4, 0.5) is 0 Å². The van der Waals surface area contributed by atoms with Gasteiger partial charge in [0.1, 0.15) is 0 Å². The predicted molar refractivity (Wildman–Crippen MR) is 111 cm³/mol. The van der Waals surface area contributed by atoms with Crippen LogP contribution in [0.3, 0.4) is 0 Å². The fourth-order valence-electron chi connectivity index (χ4n) is 3.15. The largest absolute Gasteiger partial charge is 0.377 e. The Kier molecular flexibility index (Phi) is 14.4. The Balaban J connectivity index is 1.81. The molecule has 0 heterocycles. The van der Waals surface area contributed by atoms with Crippen LogP contribution in [-0.2, 0) is 11.3 Å². The second-order valence-electron chi connectivity index (χ2n) is 7.32. The van der Waals surface area contributed by atoms with Gasteiger partial charge < -0.3 is 4.74 Å². The molecule has 25 heavy (non-hydrogen) atoms. The van der Waals surface area contributed by atoms with Gasteiger partial charge in [-0.15, -0.1) is 0 Å². The number of ether oxygens (including phenoxy) is 1. The highest BCUT2D eigenvalue weighted by Crippen LogP contribution is 2.16. The van der Waals surface area contributed by atoms with Crippen molar-refractivity contribution in [3.63, 3.8) is 0 Å². The van der Waals surface area contributed by atoms with E-state index in [1.54, 1.807) is 0 Å². The molecule has 0 amide bonds. The number of hydrogen-bond acceptors (Lipinski definition) is 1. The Morgan fingerprint density at radius 2 is 1.32 bits per heavy atom. The van der Waals surface area contributed by atoms with Gasteiger partial charge in [0, 0.05) is 6.61 Å². The van der Waals surface area contributed by atoms with Crippen LogP contribution in [0.5, 0.6) is 0 Å². The zero-order valence-electron chi connectivity index (χ0n) is 16.6. The average Bonchev–Trinajstić information content (AvgIpc) is 2.64. The molecule has 0 aliphatic heterocycles. The summed E-state index contributed by atoms with van der Waals surface area (Å²) >= 11 is 0. The number of benzene rings is 1. The van der Waals surface area contributed by atoms with E-state index in [4.69, 9.17) is 4.74 Å². The van der Waals surface area contributed by atoms with Gasteiger partial charge >= 0.3 is 0 Å². The Hall–Kier alpha value is -1.08. The summed E-state index contributed by atoms with van der Waals surface area (Å²) in [5.74, 6) is 0. The van der Waals surface area contributed by atoms with Crippen LogP contribution in [0.1, 0.15) is 96.0 Å². The predicted octanol–water partition coefficient (Wildman–Crippen LogP) is 7.85. The topological polar surface area (TPSA) is 9.23 Å². The van der Waals surface area contributed by atoms with Gasteiger partial charge in [-0.05, 0) is 37.7 Å². The lowest BCUT2D eigenvalue weighted by molar-refractivity contribution is 0.117. The van der Waals surface area contributed by atoms with Crippen LogP contribution < -0.4 is 0 Å². The monoisotopic (exact) mass is 344 g/mol. The highest BCUT2D eigenvalue weighted by molar-refractivity contribution is 5.13.